The van der Waals surface area contributed by atoms with Crippen LogP contribution in [-0.2, 0) is 12.6 Å². The number of anilines is 2. The maximum atomic E-state index is 13.1. The molecular formula is C20H19F3N4O2. The summed E-state index contributed by atoms with van der Waals surface area (Å²) < 4.78 is 44.9. The van der Waals surface area contributed by atoms with E-state index < -0.39 is 17.8 Å². The number of aromatic nitrogens is 2. The van der Waals surface area contributed by atoms with Crippen molar-refractivity contribution < 1.29 is 23.0 Å². The number of fused-ring (bicyclic) bond motifs is 3. The third-order valence-electron chi connectivity index (χ3n) is 4.89. The van der Waals surface area contributed by atoms with Gasteiger partial charge < -0.3 is 20.9 Å². The highest BCUT2D eigenvalue weighted by molar-refractivity contribution is 5.95. The first-order chi connectivity index (χ1) is 13.6. The topological polar surface area (TPSA) is 93.3 Å². The third kappa shape index (κ3) is 3.48. The highest BCUT2D eigenvalue weighted by atomic mass is 19.4. The van der Waals surface area contributed by atoms with Crippen LogP contribution in [0.3, 0.4) is 0 Å². The lowest BCUT2D eigenvalue weighted by atomic mass is 10.0. The van der Waals surface area contributed by atoms with Gasteiger partial charge in [0.1, 0.15) is 11.6 Å². The molecule has 2 heterocycles. The molecule has 1 aliphatic rings. The minimum absolute atomic E-state index is 0.0172. The van der Waals surface area contributed by atoms with Crippen LogP contribution in [0.15, 0.2) is 24.3 Å². The molecule has 9 heteroatoms. The summed E-state index contributed by atoms with van der Waals surface area (Å²) in [4.78, 5) is 8.88. The summed E-state index contributed by atoms with van der Waals surface area (Å²) in [5.41, 5.74) is 6.72. The normalized spacial score (nSPS) is 14.5. The number of nitrogens with one attached hydrogen (secondary N) is 1. The minimum Gasteiger partial charge on any atom is -0.504 e. The summed E-state index contributed by atoms with van der Waals surface area (Å²) in [5.74, 6) is 1.31. The Labute approximate surface area is 164 Å². The number of rotatable bonds is 3. The van der Waals surface area contributed by atoms with Crippen molar-refractivity contribution in [1.29, 1.82) is 0 Å². The lowest BCUT2D eigenvalue weighted by molar-refractivity contribution is -0.137. The van der Waals surface area contributed by atoms with E-state index in [1.807, 2.05) is 0 Å². The molecule has 4 rings (SSSR count). The molecule has 0 saturated carbocycles. The molecule has 6 nitrogen and oxygen atoms in total. The standard InChI is InChI=1S/C20H19F3N4O2/c1-9(11-5-12(20(21,22)23)7-13(24)6-11)25-19-15-8-16(28)18-14(3-4-29-18)17(15)26-10(2)27-19/h5-9,28H,3-4,24H2,1-2H3,(H,25,26,27). The lowest BCUT2D eigenvalue weighted by Gasteiger charge is -2.19. The fraction of sp³-hybridized carbons (Fsp3) is 0.300. The zero-order valence-corrected chi connectivity index (χ0v) is 15.8. The Kier molecular flexibility index (Phi) is 4.40. The van der Waals surface area contributed by atoms with E-state index in [0.29, 0.717) is 46.9 Å². The van der Waals surface area contributed by atoms with Crippen molar-refractivity contribution in [1.82, 2.24) is 9.97 Å². The van der Waals surface area contributed by atoms with Crippen LogP contribution in [0.25, 0.3) is 10.9 Å². The number of nitrogen functional groups attached to an aromatic ring is 1. The maximum absolute atomic E-state index is 13.1. The van der Waals surface area contributed by atoms with Gasteiger partial charge in [0.05, 0.1) is 23.7 Å². The number of aromatic hydroxyl groups is 1. The van der Waals surface area contributed by atoms with Crippen molar-refractivity contribution >= 4 is 22.4 Å². The van der Waals surface area contributed by atoms with Crippen LogP contribution in [0, 0.1) is 6.92 Å². The fourth-order valence-corrected chi connectivity index (χ4v) is 3.55. The number of benzene rings is 2. The van der Waals surface area contributed by atoms with E-state index in [0.717, 1.165) is 17.7 Å². The van der Waals surface area contributed by atoms with Crippen LogP contribution in [0.5, 0.6) is 11.5 Å². The number of hydrogen-bond donors (Lipinski definition) is 3. The molecule has 1 aromatic heterocycles. The summed E-state index contributed by atoms with van der Waals surface area (Å²) in [6.07, 6.45) is -3.88. The Bertz CT molecular complexity index is 1120. The molecule has 3 aromatic rings. The van der Waals surface area contributed by atoms with Crippen LogP contribution in [0.4, 0.5) is 24.7 Å². The zero-order chi connectivity index (χ0) is 20.9. The van der Waals surface area contributed by atoms with Crippen molar-refractivity contribution in [2.45, 2.75) is 32.5 Å². The Morgan fingerprint density at radius 1 is 1.21 bits per heavy atom. The number of hydrogen-bond acceptors (Lipinski definition) is 6. The molecular weight excluding hydrogens is 385 g/mol. The second-order valence-electron chi connectivity index (χ2n) is 7.07. The summed E-state index contributed by atoms with van der Waals surface area (Å²) >= 11 is 0. The van der Waals surface area contributed by atoms with Gasteiger partial charge in [0.15, 0.2) is 11.5 Å². The molecule has 0 saturated heterocycles. The number of alkyl halides is 3. The van der Waals surface area contributed by atoms with E-state index in [-0.39, 0.29) is 11.4 Å². The SMILES string of the molecule is Cc1nc(NC(C)c2cc(N)cc(C(F)(F)F)c2)c2cc(O)c3c(c2n1)CCO3. The number of phenols is 1. The fourth-order valence-electron chi connectivity index (χ4n) is 3.55. The predicted octanol–water partition coefficient (Wildman–Crippen LogP) is 4.35. The van der Waals surface area contributed by atoms with Crippen molar-refractivity contribution in [2.75, 3.05) is 17.7 Å². The van der Waals surface area contributed by atoms with E-state index in [1.165, 1.54) is 12.1 Å². The molecule has 29 heavy (non-hydrogen) atoms. The first-order valence-corrected chi connectivity index (χ1v) is 9.03. The predicted molar refractivity (Wildman–Crippen MR) is 103 cm³/mol. The highest BCUT2D eigenvalue weighted by Gasteiger charge is 2.31. The van der Waals surface area contributed by atoms with Crippen molar-refractivity contribution in [3.8, 4) is 11.5 Å². The first kappa shape index (κ1) is 19.1. The van der Waals surface area contributed by atoms with Crippen LogP contribution < -0.4 is 15.8 Å². The van der Waals surface area contributed by atoms with Gasteiger partial charge in [-0.3, -0.25) is 0 Å². The van der Waals surface area contributed by atoms with E-state index in [9.17, 15) is 18.3 Å². The molecule has 0 amide bonds. The number of nitrogens with two attached hydrogens (primary N) is 1. The van der Waals surface area contributed by atoms with Crippen molar-refractivity contribution in [2.24, 2.45) is 0 Å². The zero-order valence-electron chi connectivity index (χ0n) is 15.8. The molecule has 152 valence electrons. The number of halogens is 3. The number of aryl methyl sites for hydroxylation is 1. The Hall–Kier alpha value is -3.23. The number of ether oxygens (including phenoxy) is 1. The monoisotopic (exact) mass is 404 g/mol. The Morgan fingerprint density at radius 2 is 1.97 bits per heavy atom. The second kappa shape index (κ2) is 6.68. The molecule has 2 aromatic carbocycles. The van der Waals surface area contributed by atoms with Gasteiger partial charge in [-0.1, -0.05) is 0 Å². The van der Waals surface area contributed by atoms with Gasteiger partial charge in [0.2, 0.25) is 0 Å². The van der Waals surface area contributed by atoms with E-state index in [4.69, 9.17) is 10.5 Å². The maximum Gasteiger partial charge on any atom is 0.416 e. The van der Waals surface area contributed by atoms with E-state index in [2.05, 4.69) is 15.3 Å². The Morgan fingerprint density at radius 3 is 2.69 bits per heavy atom. The molecule has 0 radical (unpaired) electrons. The van der Waals surface area contributed by atoms with Gasteiger partial charge >= 0.3 is 6.18 Å². The molecule has 1 unspecified atom stereocenters. The van der Waals surface area contributed by atoms with Crippen LogP contribution in [0.1, 0.15) is 35.5 Å². The first-order valence-electron chi connectivity index (χ1n) is 9.03. The summed E-state index contributed by atoms with van der Waals surface area (Å²) in [6, 6.07) is 4.44. The van der Waals surface area contributed by atoms with Crippen LogP contribution in [0.2, 0.25) is 0 Å². The summed E-state index contributed by atoms with van der Waals surface area (Å²) in [7, 11) is 0. The quantitative estimate of drug-likeness (QED) is 0.562. The number of nitrogens with zero attached hydrogens (tertiary/aromatic N) is 2. The highest BCUT2D eigenvalue weighted by Crippen LogP contribution is 2.42. The average molecular weight is 404 g/mol. The van der Waals surface area contributed by atoms with E-state index >= 15 is 0 Å². The smallest absolute Gasteiger partial charge is 0.416 e. The Balaban J connectivity index is 1.77. The van der Waals surface area contributed by atoms with Gasteiger partial charge in [-0.2, -0.15) is 13.2 Å². The van der Waals surface area contributed by atoms with Gasteiger partial charge in [0, 0.05) is 23.1 Å². The number of phenolic OH excluding ortho intramolecular Hbond substituents is 1. The largest absolute Gasteiger partial charge is 0.504 e. The lowest BCUT2D eigenvalue weighted by Crippen LogP contribution is -2.13. The van der Waals surface area contributed by atoms with Gasteiger partial charge in [-0.05, 0) is 43.7 Å². The van der Waals surface area contributed by atoms with E-state index in [1.54, 1.807) is 13.8 Å². The molecule has 0 fully saturated rings. The summed E-state index contributed by atoms with van der Waals surface area (Å²) in [5, 5.41) is 14.0. The van der Waals surface area contributed by atoms with Gasteiger partial charge in [-0.15, -0.1) is 0 Å². The average Bonchev–Trinajstić information content (AvgIpc) is 3.12. The third-order valence-corrected chi connectivity index (χ3v) is 4.89. The van der Waals surface area contributed by atoms with Gasteiger partial charge in [-0.25, -0.2) is 9.97 Å². The van der Waals surface area contributed by atoms with Gasteiger partial charge in [0.25, 0.3) is 0 Å². The molecule has 4 N–H and O–H groups in total. The molecule has 0 bridgehead atoms. The summed E-state index contributed by atoms with van der Waals surface area (Å²) in [6.45, 7) is 3.90. The van der Waals surface area contributed by atoms with Crippen molar-refractivity contribution in [3.63, 3.8) is 0 Å². The van der Waals surface area contributed by atoms with Crippen LogP contribution >= 0.6 is 0 Å². The molecule has 0 aliphatic carbocycles. The molecule has 0 spiro atoms. The second-order valence-corrected chi connectivity index (χ2v) is 7.07. The minimum atomic E-state index is -4.49. The van der Waals surface area contributed by atoms with Crippen LogP contribution in [-0.4, -0.2) is 21.7 Å². The van der Waals surface area contributed by atoms with Crippen molar-refractivity contribution in [3.05, 3.63) is 46.8 Å². The molecule has 1 atom stereocenters. The molecule has 1 aliphatic heterocycles.